The number of nitrogens with zero attached hydrogens (tertiary/aromatic N) is 2. The second-order valence-corrected chi connectivity index (χ2v) is 5.27. The molecule has 0 amide bonds. The molecule has 5 nitrogen and oxygen atoms in total. The topological polar surface area (TPSA) is 67.5 Å². The highest BCUT2D eigenvalue weighted by Crippen LogP contribution is 2.24. The van der Waals surface area contributed by atoms with E-state index in [0.29, 0.717) is 5.69 Å². The third-order valence-electron chi connectivity index (χ3n) is 2.99. The van der Waals surface area contributed by atoms with Crippen LogP contribution in [-0.2, 0) is 0 Å². The van der Waals surface area contributed by atoms with Crippen LogP contribution in [0.3, 0.4) is 0 Å². The van der Waals surface area contributed by atoms with Crippen molar-refractivity contribution in [3.8, 4) is 0 Å². The van der Waals surface area contributed by atoms with Crippen molar-refractivity contribution in [2.24, 2.45) is 5.10 Å². The summed E-state index contributed by atoms with van der Waals surface area (Å²) in [4.78, 5) is 10.1. The highest BCUT2D eigenvalue weighted by atomic mass is 32.1. The molecule has 1 N–H and O–H groups in total. The average Bonchev–Trinajstić information content (AvgIpc) is 2.91. The monoisotopic (exact) mass is 297 g/mol. The summed E-state index contributed by atoms with van der Waals surface area (Å²) < 4.78 is 1.22. The maximum absolute atomic E-state index is 10.6. The van der Waals surface area contributed by atoms with Crippen molar-refractivity contribution in [3.63, 3.8) is 0 Å². The van der Waals surface area contributed by atoms with Gasteiger partial charge in [0.15, 0.2) is 0 Å². The Morgan fingerprint density at radius 3 is 2.67 bits per heavy atom. The third kappa shape index (κ3) is 2.90. The summed E-state index contributed by atoms with van der Waals surface area (Å²) in [6.45, 7) is 0. The maximum atomic E-state index is 10.6. The zero-order chi connectivity index (χ0) is 14.7. The van der Waals surface area contributed by atoms with Gasteiger partial charge in [0.25, 0.3) is 5.69 Å². The fraction of sp³-hybridized carbons (Fsp3) is 0. The molecule has 0 aliphatic heterocycles. The molecule has 3 aromatic rings. The van der Waals surface area contributed by atoms with Crippen LogP contribution in [0, 0.1) is 10.1 Å². The van der Waals surface area contributed by atoms with E-state index in [1.54, 1.807) is 29.7 Å². The smallest absolute Gasteiger partial charge is 0.269 e. The van der Waals surface area contributed by atoms with Crippen LogP contribution in [0.2, 0.25) is 0 Å². The summed E-state index contributed by atoms with van der Waals surface area (Å²) in [5, 5.41) is 17.9. The molecule has 0 atom stereocenters. The lowest BCUT2D eigenvalue weighted by Crippen LogP contribution is -1.91. The van der Waals surface area contributed by atoms with Crippen LogP contribution in [0.15, 0.2) is 59.0 Å². The van der Waals surface area contributed by atoms with Gasteiger partial charge in [-0.05, 0) is 18.2 Å². The number of non-ortho nitro benzene ring substituents is 1. The number of benzene rings is 2. The summed E-state index contributed by atoms with van der Waals surface area (Å²) in [5.41, 5.74) is 4.68. The van der Waals surface area contributed by atoms with Crippen molar-refractivity contribution < 1.29 is 4.92 Å². The van der Waals surface area contributed by atoms with Crippen molar-refractivity contribution >= 4 is 39.0 Å². The van der Waals surface area contributed by atoms with Crippen molar-refractivity contribution in [2.75, 3.05) is 5.43 Å². The number of fused-ring (bicyclic) bond motifs is 1. The van der Waals surface area contributed by atoms with E-state index < -0.39 is 4.92 Å². The second kappa shape index (κ2) is 5.72. The summed E-state index contributed by atoms with van der Waals surface area (Å²) in [5.74, 6) is 0. The van der Waals surface area contributed by atoms with Crippen LogP contribution in [-0.4, -0.2) is 11.1 Å². The largest absolute Gasteiger partial charge is 0.278 e. The van der Waals surface area contributed by atoms with Gasteiger partial charge in [0.2, 0.25) is 0 Å². The molecule has 3 rings (SSSR count). The number of nitro groups is 1. The van der Waals surface area contributed by atoms with E-state index in [-0.39, 0.29) is 5.69 Å². The Morgan fingerprint density at radius 1 is 1.14 bits per heavy atom. The van der Waals surface area contributed by atoms with Crippen molar-refractivity contribution in [3.05, 3.63) is 69.6 Å². The molecule has 6 heteroatoms. The van der Waals surface area contributed by atoms with Crippen LogP contribution in [0.1, 0.15) is 5.56 Å². The number of anilines is 1. The molecule has 0 saturated heterocycles. The van der Waals surface area contributed by atoms with Crippen LogP contribution >= 0.6 is 11.3 Å². The summed E-state index contributed by atoms with van der Waals surface area (Å²) in [6.07, 6.45) is 1.75. The molecular formula is C15H11N3O2S. The predicted molar refractivity (Wildman–Crippen MR) is 86.1 cm³/mol. The molecule has 0 saturated carbocycles. The standard InChI is InChI=1S/C15H11N3O2S/c19-18(20)13-7-5-12(6-8-13)17-16-9-11-10-21-15-4-2-1-3-14(11)15/h1-10,17H. The van der Waals surface area contributed by atoms with E-state index in [0.717, 1.165) is 10.9 Å². The van der Waals surface area contributed by atoms with E-state index in [1.165, 1.54) is 16.8 Å². The zero-order valence-electron chi connectivity index (χ0n) is 10.9. The first-order valence-electron chi connectivity index (χ1n) is 6.24. The van der Waals surface area contributed by atoms with Gasteiger partial charge < -0.3 is 0 Å². The maximum Gasteiger partial charge on any atom is 0.269 e. The van der Waals surface area contributed by atoms with E-state index in [2.05, 4.69) is 22.7 Å². The third-order valence-corrected chi connectivity index (χ3v) is 3.97. The van der Waals surface area contributed by atoms with Gasteiger partial charge in [-0.15, -0.1) is 11.3 Å². The van der Waals surface area contributed by atoms with Gasteiger partial charge in [0.05, 0.1) is 16.8 Å². The molecule has 0 aliphatic rings. The lowest BCUT2D eigenvalue weighted by atomic mass is 10.2. The van der Waals surface area contributed by atoms with E-state index in [1.807, 2.05) is 17.5 Å². The highest BCUT2D eigenvalue weighted by molar-refractivity contribution is 7.17. The normalized spacial score (nSPS) is 11.0. The average molecular weight is 297 g/mol. The number of hydrazone groups is 1. The Labute approximate surface area is 124 Å². The molecule has 2 aromatic carbocycles. The number of thiophene rings is 1. The summed E-state index contributed by atoms with van der Waals surface area (Å²) in [6, 6.07) is 14.3. The molecule has 1 heterocycles. The van der Waals surface area contributed by atoms with Crippen LogP contribution in [0.5, 0.6) is 0 Å². The lowest BCUT2D eigenvalue weighted by Gasteiger charge is -1.99. The van der Waals surface area contributed by atoms with Gasteiger partial charge in [-0.25, -0.2) is 0 Å². The minimum atomic E-state index is -0.426. The number of rotatable bonds is 4. The van der Waals surface area contributed by atoms with Crippen LogP contribution in [0.25, 0.3) is 10.1 Å². The Balaban J connectivity index is 1.73. The molecule has 0 bridgehead atoms. The van der Waals surface area contributed by atoms with Gasteiger partial charge >= 0.3 is 0 Å². The Kier molecular flexibility index (Phi) is 3.61. The number of nitro benzene ring substituents is 1. The van der Waals surface area contributed by atoms with Gasteiger partial charge in [-0.2, -0.15) is 5.10 Å². The molecule has 0 aliphatic carbocycles. The van der Waals surface area contributed by atoms with Crippen molar-refractivity contribution in [1.29, 1.82) is 0 Å². The Hall–Kier alpha value is -2.73. The summed E-state index contributed by atoms with van der Waals surface area (Å²) >= 11 is 1.67. The molecule has 0 fully saturated rings. The summed E-state index contributed by atoms with van der Waals surface area (Å²) in [7, 11) is 0. The molecule has 1 aromatic heterocycles. The molecule has 0 unspecified atom stereocenters. The first-order valence-corrected chi connectivity index (χ1v) is 7.12. The number of nitrogens with one attached hydrogen (secondary N) is 1. The highest BCUT2D eigenvalue weighted by Gasteiger charge is 2.03. The Bertz CT molecular complexity index is 809. The molecule has 21 heavy (non-hydrogen) atoms. The molecular weight excluding hydrogens is 286 g/mol. The van der Waals surface area contributed by atoms with E-state index in [4.69, 9.17) is 0 Å². The Morgan fingerprint density at radius 2 is 1.90 bits per heavy atom. The van der Waals surface area contributed by atoms with Gasteiger partial charge in [-0.1, -0.05) is 18.2 Å². The SMILES string of the molecule is O=[N+]([O-])c1ccc(NN=Cc2csc3ccccc23)cc1. The minimum absolute atomic E-state index is 0.0633. The minimum Gasteiger partial charge on any atom is -0.278 e. The second-order valence-electron chi connectivity index (χ2n) is 4.36. The van der Waals surface area contributed by atoms with E-state index >= 15 is 0 Å². The predicted octanol–water partition coefficient (Wildman–Crippen LogP) is 4.26. The molecule has 104 valence electrons. The van der Waals surface area contributed by atoms with Gasteiger partial charge in [0, 0.05) is 33.2 Å². The lowest BCUT2D eigenvalue weighted by molar-refractivity contribution is -0.384. The fourth-order valence-electron chi connectivity index (χ4n) is 1.93. The number of hydrogen-bond acceptors (Lipinski definition) is 5. The van der Waals surface area contributed by atoms with E-state index in [9.17, 15) is 10.1 Å². The van der Waals surface area contributed by atoms with Gasteiger partial charge in [-0.3, -0.25) is 15.5 Å². The number of hydrogen-bond donors (Lipinski definition) is 1. The molecule has 0 spiro atoms. The first-order chi connectivity index (χ1) is 10.2. The van der Waals surface area contributed by atoms with Crippen LogP contribution < -0.4 is 5.43 Å². The van der Waals surface area contributed by atoms with Crippen molar-refractivity contribution in [2.45, 2.75) is 0 Å². The van der Waals surface area contributed by atoms with Crippen molar-refractivity contribution in [1.82, 2.24) is 0 Å². The first kappa shape index (κ1) is 13.3. The molecule has 0 radical (unpaired) electrons. The van der Waals surface area contributed by atoms with Crippen LogP contribution in [0.4, 0.5) is 11.4 Å². The quantitative estimate of drug-likeness (QED) is 0.444. The zero-order valence-corrected chi connectivity index (χ0v) is 11.7. The fourth-order valence-corrected chi connectivity index (χ4v) is 2.84. The van der Waals surface area contributed by atoms with Gasteiger partial charge in [0.1, 0.15) is 0 Å².